The number of nitrogens with one attached hydrogen (secondary N) is 1. The van der Waals surface area contributed by atoms with E-state index in [1.54, 1.807) is 0 Å². The summed E-state index contributed by atoms with van der Waals surface area (Å²) in [6, 6.07) is 2.40. The Hall–Kier alpha value is -1.33. The van der Waals surface area contributed by atoms with Gasteiger partial charge in [0.25, 0.3) is 0 Å². The fraction of sp³-hybridized carbons (Fsp3) is 0.538. The van der Waals surface area contributed by atoms with Crippen LogP contribution in [0.2, 0.25) is 5.15 Å². The van der Waals surface area contributed by atoms with E-state index in [0.717, 1.165) is 23.3 Å². The van der Waals surface area contributed by atoms with Crippen LogP contribution in [0.1, 0.15) is 12.8 Å². The third-order valence-corrected chi connectivity index (χ3v) is 4.00. The number of piperidine rings is 1. The minimum Gasteiger partial charge on any atom is -0.363 e. The molecule has 0 amide bonds. The summed E-state index contributed by atoms with van der Waals surface area (Å²) in [5.74, 6) is 0.826. The van der Waals surface area contributed by atoms with Gasteiger partial charge in [-0.1, -0.05) is 11.6 Å². The fourth-order valence-electron chi connectivity index (χ4n) is 2.76. The van der Waals surface area contributed by atoms with Crippen molar-refractivity contribution >= 4 is 28.3 Å². The van der Waals surface area contributed by atoms with Gasteiger partial charge in [0, 0.05) is 31.2 Å². The van der Waals surface area contributed by atoms with E-state index in [0.29, 0.717) is 11.2 Å². The van der Waals surface area contributed by atoms with Crippen molar-refractivity contribution in [1.82, 2.24) is 19.7 Å². The summed E-state index contributed by atoms with van der Waals surface area (Å²) in [6.45, 7) is 2.21. The molecule has 0 spiro atoms. The summed E-state index contributed by atoms with van der Waals surface area (Å²) in [7, 11) is 4.15. The standard InChI is InChI=1S/C13H18ClN5/c1-18-6-3-4-9(8-18)15-13-11-10(5-7-19(11)2)12(14)16-17-13/h5,7,9H,3-4,6,8H2,1-2H3,(H,15,17)/t9-/m1/s1. The lowest BCUT2D eigenvalue weighted by Crippen LogP contribution is -2.40. The molecule has 2 aromatic rings. The molecule has 2 aromatic heterocycles. The van der Waals surface area contributed by atoms with Crippen molar-refractivity contribution in [3.63, 3.8) is 0 Å². The predicted molar refractivity (Wildman–Crippen MR) is 77.7 cm³/mol. The van der Waals surface area contributed by atoms with Gasteiger partial charge in [0.1, 0.15) is 0 Å². The third-order valence-electron chi connectivity index (χ3n) is 3.72. The van der Waals surface area contributed by atoms with Crippen LogP contribution in [0.5, 0.6) is 0 Å². The highest BCUT2D eigenvalue weighted by Crippen LogP contribution is 2.27. The number of anilines is 1. The Bertz CT molecular complexity index is 594. The lowest BCUT2D eigenvalue weighted by atomic mass is 10.1. The minimum absolute atomic E-state index is 0.423. The number of likely N-dealkylation sites (tertiary alicyclic amines) is 1. The first-order valence-electron chi connectivity index (χ1n) is 6.57. The van der Waals surface area contributed by atoms with Crippen LogP contribution in [0.15, 0.2) is 12.3 Å². The maximum Gasteiger partial charge on any atom is 0.173 e. The molecular weight excluding hydrogens is 262 g/mol. The highest BCUT2D eigenvalue weighted by atomic mass is 35.5. The monoisotopic (exact) mass is 279 g/mol. The van der Waals surface area contributed by atoms with Gasteiger partial charge in [-0.25, -0.2) is 0 Å². The molecule has 0 unspecified atom stereocenters. The van der Waals surface area contributed by atoms with Crippen LogP contribution in [0.3, 0.4) is 0 Å². The average Bonchev–Trinajstić information content (AvgIpc) is 2.77. The number of aromatic nitrogens is 3. The summed E-state index contributed by atoms with van der Waals surface area (Å²) < 4.78 is 2.03. The first-order chi connectivity index (χ1) is 9.15. The molecule has 1 aliphatic rings. The van der Waals surface area contributed by atoms with Gasteiger partial charge < -0.3 is 14.8 Å². The molecule has 1 N–H and O–H groups in total. The normalized spacial score (nSPS) is 20.9. The van der Waals surface area contributed by atoms with Gasteiger partial charge in [0.2, 0.25) is 0 Å². The molecular formula is C13H18ClN5. The van der Waals surface area contributed by atoms with Crippen LogP contribution in [-0.4, -0.2) is 45.8 Å². The lowest BCUT2D eigenvalue weighted by molar-refractivity contribution is 0.261. The number of likely N-dealkylation sites (N-methyl/N-ethyl adjacent to an activating group) is 1. The molecule has 3 heterocycles. The zero-order valence-corrected chi connectivity index (χ0v) is 12.0. The van der Waals surface area contributed by atoms with E-state index in [1.807, 2.05) is 23.9 Å². The zero-order chi connectivity index (χ0) is 13.4. The number of hydrogen-bond donors (Lipinski definition) is 1. The molecule has 1 saturated heterocycles. The maximum absolute atomic E-state index is 6.09. The van der Waals surface area contributed by atoms with Crippen LogP contribution in [-0.2, 0) is 7.05 Å². The minimum atomic E-state index is 0.423. The summed E-state index contributed by atoms with van der Waals surface area (Å²) in [6.07, 6.45) is 4.37. The second-order valence-corrected chi connectivity index (χ2v) is 5.63. The van der Waals surface area contributed by atoms with Crippen LogP contribution >= 0.6 is 11.6 Å². The van der Waals surface area contributed by atoms with Gasteiger partial charge in [-0.2, -0.15) is 0 Å². The summed E-state index contributed by atoms with van der Waals surface area (Å²) in [5.41, 5.74) is 1.02. The van der Waals surface area contributed by atoms with Crippen LogP contribution in [0.25, 0.3) is 10.9 Å². The molecule has 1 atom stereocenters. The van der Waals surface area contributed by atoms with Gasteiger partial charge in [0.05, 0.1) is 5.52 Å². The summed E-state index contributed by atoms with van der Waals surface area (Å²) in [5, 5.41) is 13.2. The van der Waals surface area contributed by atoms with Crippen molar-refractivity contribution in [2.75, 3.05) is 25.5 Å². The second-order valence-electron chi connectivity index (χ2n) is 5.27. The number of rotatable bonds is 2. The molecule has 5 nitrogen and oxygen atoms in total. The highest BCUT2D eigenvalue weighted by molar-refractivity contribution is 6.34. The van der Waals surface area contributed by atoms with E-state index >= 15 is 0 Å². The Morgan fingerprint density at radius 1 is 1.37 bits per heavy atom. The molecule has 6 heteroatoms. The summed E-state index contributed by atoms with van der Waals surface area (Å²) >= 11 is 6.09. The van der Waals surface area contributed by atoms with Gasteiger partial charge in [-0.05, 0) is 32.5 Å². The molecule has 1 aliphatic heterocycles. The maximum atomic E-state index is 6.09. The molecule has 0 aliphatic carbocycles. The number of fused-ring (bicyclic) bond motifs is 1. The average molecular weight is 280 g/mol. The molecule has 0 aromatic carbocycles. The highest BCUT2D eigenvalue weighted by Gasteiger charge is 2.19. The quantitative estimate of drug-likeness (QED) is 0.915. The molecule has 0 bridgehead atoms. The number of nitrogens with zero attached hydrogens (tertiary/aromatic N) is 4. The largest absolute Gasteiger partial charge is 0.363 e. The van der Waals surface area contributed by atoms with Crippen LogP contribution in [0, 0.1) is 0 Å². The van der Waals surface area contributed by atoms with E-state index in [4.69, 9.17) is 11.6 Å². The van der Waals surface area contributed by atoms with Gasteiger partial charge >= 0.3 is 0 Å². The number of halogens is 1. The zero-order valence-electron chi connectivity index (χ0n) is 11.2. The van der Waals surface area contributed by atoms with Crippen molar-refractivity contribution in [1.29, 1.82) is 0 Å². The van der Waals surface area contributed by atoms with E-state index in [2.05, 4.69) is 27.5 Å². The Morgan fingerprint density at radius 2 is 2.21 bits per heavy atom. The first kappa shape index (κ1) is 12.7. The van der Waals surface area contributed by atoms with Crippen LogP contribution in [0.4, 0.5) is 5.82 Å². The van der Waals surface area contributed by atoms with Crippen LogP contribution < -0.4 is 5.32 Å². The van der Waals surface area contributed by atoms with Crippen molar-refractivity contribution in [3.05, 3.63) is 17.4 Å². The Labute approximate surface area is 117 Å². The summed E-state index contributed by atoms with van der Waals surface area (Å²) in [4.78, 5) is 2.34. The van der Waals surface area contributed by atoms with Gasteiger partial charge in [-0.3, -0.25) is 0 Å². The van der Waals surface area contributed by atoms with E-state index in [1.165, 1.54) is 19.4 Å². The first-order valence-corrected chi connectivity index (χ1v) is 6.95. The molecule has 0 radical (unpaired) electrons. The van der Waals surface area contributed by atoms with E-state index < -0.39 is 0 Å². The molecule has 3 rings (SSSR count). The Morgan fingerprint density at radius 3 is 3.00 bits per heavy atom. The number of hydrogen-bond acceptors (Lipinski definition) is 4. The second kappa shape index (κ2) is 4.98. The molecule has 0 saturated carbocycles. The number of aryl methyl sites for hydroxylation is 1. The van der Waals surface area contributed by atoms with Gasteiger partial charge in [0.15, 0.2) is 11.0 Å². The van der Waals surface area contributed by atoms with Crippen molar-refractivity contribution in [3.8, 4) is 0 Å². The SMILES string of the molecule is CN1CCC[C@@H](Nc2nnc(Cl)c3ccn(C)c23)C1. The third kappa shape index (κ3) is 2.40. The smallest absolute Gasteiger partial charge is 0.173 e. The van der Waals surface area contributed by atoms with Crippen molar-refractivity contribution < 1.29 is 0 Å². The Kier molecular flexibility index (Phi) is 3.33. The van der Waals surface area contributed by atoms with E-state index in [9.17, 15) is 0 Å². The fourth-order valence-corrected chi connectivity index (χ4v) is 2.95. The molecule has 1 fully saturated rings. The Balaban J connectivity index is 1.92. The topological polar surface area (TPSA) is 46.0 Å². The van der Waals surface area contributed by atoms with Gasteiger partial charge in [-0.15, -0.1) is 10.2 Å². The predicted octanol–water partition coefficient (Wildman–Crippen LogP) is 2.13. The molecule has 102 valence electrons. The van der Waals surface area contributed by atoms with E-state index in [-0.39, 0.29) is 0 Å². The lowest BCUT2D eigenvalue weighted by Gasteiger charge is -2.30. The van der Waals surface area contributed by atoms with Crippen molar-refractivity contribution in [2.45, 2.75) is 18.9 Å². The molecule has 19 heavy (non-hydrogen) atoms. The van der Waals surface area contributed by atoms with Crippen molar-refractivity contribution in [2.24, 2.45) is 7.05 Å².